The molecule has 3 heterocycles. The molecule has 0 radical (unpaired) electrons. The smallest absolute Gasteiger partial charge is 0.335 e. The number of carbonyl (C=O) groups is 3. The van der Waals surface area contributed by atoms with Gasteiger partial charge in [0.05, 0.1) is 5.69 Å². The van der Waals surface area contributed by atoms with Crippen molar-refractivity contribution in [1.82, 2.24) is 5.32 Å². The number of rotatable bonds is 3. The number of nitrogens with zero attached hydrogens (tertiary/aromatic N) is 2. The van der Waals surface area contributed by atoms with Crippen LogP contribution in [0.3, 0.4) is 0 Å². The van der Waals surface area contributed by atoms with Crippen molar-refractivity contribution in [2.24, 2.45) is 0 Å². The van der Waals surface area contributed by atoms with Crippen LogP contribution in [-0.2, 0) is 9.59 Å². The topological polar surface area (TPSA) is 82.9 Å². The molecule has 2 aliphatic rings. The average molecular weight is 365 g/mol. The lowest BCUT2D eigenvalue weighted by molar-refractivity contribution is -0.122. The summed E-state index contributed by atoms with van der Waals surface area (Å²) in [5, 5.41) is 2.22. The van der Waals surface area contributed by atoms with E-state index in [2.05, 4.69) is 10.2 Å². The third-order valence-electron chi connectivity index (χ3n) is 4.77. The van der Waals surface area contributed by atoms with Crippen molar-refractivity contribution in [2.45, 2.75) is 19.8 Å². The minimum absolute atomic E-state index is 0.139. The zero-order chi connectivity index (χ0) is 19.0. The Morgan fingerprint density at radius 3 is 2.52 bits per heavy atom. The van der Waals surface area contributed by atoms with E-state index in [0.717, 1.165) is 42.3 Å². The summed E-state index contributed by atoms with van der Waals surface area (Å²) in [6, 6.07) is 9.80. The quantitative estimate of drug-likeness (QED) is 0.668. The number of barbiturate groups is 1. The van der Waals surface area contributed by atoms with Gasteiger partial charge in [-0.15, -0.1) is 0 Å². The molecule has 4 amide bonds. The predicted octanol–water partition coefficient (Wildman–Crippen LogP) is 2.85. The lowest BCUT2D eigenvalue weighted by Crippen LogP contribution is -2.54. The number of benzene rings is 1. The van der Waals surface area contributed by atoms with Gasteiger partial charge in [0.25, 0.3) is 11.8 Å². The maximum atomic E-state index is 12.9. The molecule has 0 bridgehead atoms. The SMILES string of the molecule is Cc1ccccc1N1C(=O)NC(=O)/C(=C\c2ccc(N3CCCC3)o2)C1=O. The van der Waals surface area contributed by atoms with Gasteiger partial charge in [0.15, 0.2) is 5.88 Å². The molecule has 7 heteroatoms. The maximum Gasteiger partial charge on any atom is 0.335 e. The number of nitrogens with one attached hydrogen (secondary N) is 1. The van der Waals surface area contributed by atoms with Crippen LogP contribution in [0.15, 0.2) is 46.4 Å². The van der Waals surface area contributed by atoms with Gasteiger partial charge < -0.3 is 9.32 Å². The molecule has 0 saturated carbocycles. The van der Waals surface area contributed by atoms with E-state index in [1.165, 1.54) is 6.08 Å². The molecule has 4 rings (SSSR count). The van der Waals surface area contributed by atoms with E-state index in [1.54, 1.807) is 31.2 Å². The van der Waals surface area contributed by atoms with E-state index in [9.17, 15) is 14.4 Å². The molecule has 2 aromatic rings. The second-order valence-corrected chi connectivity index (χ2v) is 6.61. The lowest BCUT2D eigenvalue weighted by atomic mass is 10.1. The van der Waals surface area contributed by atoms with Gasteiger partial charge in [-0.05, 0) is 43.5 Å². The molecule has 27 heavy (non-hydrogen) atoms. The summed E-state index contributed by atoms with van der Waals surface area (Å²) in [7, 11) is 0. The lowest BCUT2D eigenvalue weighted by Gasteiger charge is -2.27. The zero-order valence-electron chi connectivity index (χ0n) is 14.9. The largest absolute Gasteiger partial charge is 0.441 e. The van der Waals surface area contributed by atoms with Gasteiger partial charge in [0, 0.05) is 19.2 Å². The third kappa shape index (κ3) is 3.12. The number of aryl methyl sites for hydroxylation is 1. The molecule has 1 aromatic carbocycles. The molecule has 2 aliphatic heterocycles. The van der Waals surface area contributed by atoms with Gasteiger partial charge in [-0.3, -0.25) is 14.9 Å². The fraction of sp³-hybridized carbons (Fsp3) is 0.250. The highest BCUT2D eigenvalue weighted by atomic mass is 16.4. The number of para-hydroxylation sites is 1. The molecular formula is C20H19N3O4. The molecule has 138 valence electrons. The van der Waals surface area contributed by atoms with Crippen molar-refractivity contribution >= 4 is 35.5 Å². The predicted molar refractivity (Wildman–Crippen MR) is 100 cm³/mol. The number of imide groups is 2. The standard InChI is InChI=1S/C20H19N3O4/c1-13-6-2-3-7-16(13)23-19(25)15(18(24)21-20(23)26)12-14-8-9-17(27-14)22-10-4-5-11-22/h2-3,6-9,12H,4-5,10-11H2,1H3,(H,21,24,26)/b15-12+. The summed E-state index contributed by atoms with van der Waals surface area (Å²) in [4.78, 5) is 40.5. The maximum absolute atomic E-state index is 12.9. The Morgan fingerprint density at radius 2 is 1.78 bits per heavy atom. The van der Waals surface area contributed by atoms with E-state index >= 15 is 0 Å². The van der Waals surface area contributed by atoms with Crippen LogP contribution in [0.25, 0.3) is 6.08 Å². The monoisotopic (exact) mass is 365 g/mol. The summed E-state index contributed by atoms with van der Waals surface area (Å²) in [6.07, 6.45) is 3.62. The number of furan rings is 1. The van der Waals surface area contributed by atoms with Crippen LogP contribution in [0, 0.1) is 6.92 Å². The van der Waals surface area contributed by atoms with Crippen molar-refractivity contribution in [2.75, 3.05) is 22.9 Å². The van der Waals surface area contributed by atoms with Crippen molar-refractivity contribution < 1.29 is 18.8 Å². The molecule has 0 unspecified atom stereocenters. The number of hydrogen-bond donors (Lipinski definition) is 1. The molecule has 0 aliphatic carbocycles. The molecule has 7 nitrogen and oxygen atoms in total. The van der Waals surface area contributed by atoms with Crippen LogP contribution >= 0.6 is 0 Å². The third-order valence-corrected chi connectivity index (χ3v) is 4.77. The fourth-order valence-corrected chi connectivity index (χ4v) is 3.36. The summed E-state index contributed by atoms with van der Waals surface area (Å²) >= 11 is 0. The minimum atomic E-state index is -0.756. The van der Waals surface area contributed by atoms with Crippen LogP contribution in [0.1, 0.15) is 24.2 Å². The second-order valence-electron chi connectivity index (χ2n) is 6.61. The van der Waals surface area contributed by atoms with Crippen molar-refractivity contribution in [3.05, 3.63) is 53.3 Å². The number of amides is 4. The molecule has 1 aromatic heterocycles. The molecular weight excluding hydrogens is 346 g/mol. The number of hydrogen-bond acceptors (Lipinski definition) is 5. The van der Waals surface area contributed by atoms with Gasteiger partial charge in [0.2, 0.25) is 0 Å². The van der Waals surface area contributed by atoms with Crippen LogP contribution in [0.2, 0.25) is 0 Å². The summed E-state index contributed by atoms with van der Waals surface area (Å²) < 4.78 is 5.77. The average Bonchev–Trinajstić information content (AvgIpc) is 3.31. The highest BCUT2D eigenvalue weighted by molar-refractivity contribution is 6.39. The van der Waals surface area contributed by atoms with Crippen LogP contribution < -0.4 is 15.1 Å². The van der Waals surface area contributed by atoms with Gasteiger partial charge in [0.1, 0.15) is 11.3 Å². The Kier molecular flexibility index (Phi) is 4.27. The Labute approximate surface area is 156 Å². The van der Waals surface area contributed by atoms with Crippen molar-refractivity contribution in [1.29, 1.82) is 0 Å². The first-order valence-corrected chi connectivity index (χ1v) is 8.86. The first kappa shape index (κ1) is 17.1. The number of anilines is 2. The van der Waals surface area contributed by atoms with Gasteiger partial charge in [-0.25, -0.2) is 9.69 Å². The Hall–Kier alpha value is -3.35. The van der Waals surface area contributed by atoms with Crippen LogP contribution in [0.5, 0.6) is 0 Å². The first-order chi connectivity index (χ1) is 13.0. The van der Waals surface area contributed by atoms with E-state index in [4.69, 9.17) is 4.42 Å². The summed E-state index contributed by atoms with van der Waals surface area (Å²) in [5.41, 5.74) is 1.06. The Morgan fingerprint density at radius 1 is 1.04 bits per heavy atom. The summed E-state index contributed by atoms with van der Waals surface area (Å²) in [5.74, 6) is -0.282. The fourth-order valence-electron chi connectivity index (χ4n) is 3.36. The number of carbonyl (C=O) groups excluding carboxylic acids is 3. The van der Waals surface area contributed by atoms with Gasteiger partial charge >= 0.3 is 6.03 Å². The molecule has 2 saturated heterocycles. The first-order valence-electron chi connectivity index (χ1n) is 8.86. The molecule has 2 fully saturated rings. The zero-order valence-corrected chi connectivity index (χ0v) is 14.9. The summed E-state index contributed by atoms with van der Waals surface area (Å²) in [6.45, 7) is 3.65. The van der Waals surface area contributed by atoms with Gasteiger partial charge in [-0.1, -0.05) is 18.2 Å². The minimum Gasteiger partial charge on any atom is -0.441 e. The van der Waals surface area contributed by atoms with E-state index in [0.29, 0.717) is 11.4 Å². The molecule has 0 spiro atoms. The van der Waals surface area contributed by atoms with Crippen LogP contribution in [-0.4, -0.2) is 30.9 Å². The second kappa shape index (κ2) is 6.75. The van der Waals surface area contributed by atoms with Crippen molar-refractivity contribution in [3.63, 3.8) is 0 Å². The Bertz CT molecular complexity index is 954. The van der Waals surface area contributed by atoms with E-state index in [1.807, 2.05) is 12.1 Å². The molecule has 0 atom stereocenters. The highest BCUT2D eigenvalue weighted by Gasteiger charge is 2.37. The van der Waals surface area contributed by atoms with Crippen LogP contribution in [0.4, 0.5) is 16.4 Å². The highest BCUT2D eigenvalue weighted by Crippen LogP contribution is 2.27. The van der Waals surface area contributed by atoms with E-state index < -0.39 is 17.8 Å². The Balaban J connectivity index is 1.66. The van der Waals surface area contributed by atoms with Crippen molar-refractivity contribution in [3.8, 4) is 0 Å². The van der Waals surface area contributed by atoms with Gasteiger partial charge in [-0.2, -0.15) is 0 Å². The molecule has 1 N–H and O–H groups in total. The number of urea groups is 1. The van der Waals surface area contributed by atoms with E-state index in [-0.39, 0.29) is 5.57 Å². The normalized spacial score (nSPS) is 19.1.